The predicted octanol–water partition coefficient (Wildman–Crippen LogP) is 0.939. The topological polar surface area (TPSA) is 142 Å². The average Bonchev–Trinajstić information content (AvgIpc) is 3.26. The van der Waals surface area contributed by atoms with Gasteiger partial charge in [0.2, 0.25) is 5.91 Å². The van der Waals surface area contributed by atoms with Crippen molar-refractivity contribution >= 4 is 33.5 Å². The van der Waals surface area contributed by atoms with E-state index >= 15 is 0 Å². The molecule has 11 heteroatoms. The van der Waals surface area contributed by atoms with Crippen molar-refractivity contribution in [2.45, 2.75) is 6.42 Å². The summed E-state index contributed by atoms with van der Waals surface area (Å²) in [6.07, 6.45) is 0.00583. The molecule has 1 amide bonds. The van der Waals surface area contributed by atoms with Crippen LogP contribution < -0.4 is 11.1 Å². The van der Waals surface area contributed by atoms with E-state index in [4.69, 9.17) is 4.42 Å². The van der Waals surface area contributed by atoms with Crippen LogP contribution in [0, 0.1) is 0 Å². The van der Waals surface area contributed by atoms with Crippen molar-refractivity contribution in [2.75, 3.05) is 5.32 Å². The lowest BCUT2D eigenvalue weighted by molar-refractivity contribution is -0.115. The lowest BCUT2D eigenvalue weighted by Crippen LogP contribution is -2.15. The van der Waals surface area contributed by atoms with Gasteiger partial charge in [-0.1, -0.05) is 11.3 Å². The molecule has 0 saturated heterocycles. The first kappa shape index (κ1) is 14.3. The first-order chi connectivity index (χ1) is 11.7. The number of aromatic amines is 2. The molecule has 0 spiro atoms. The molecule has 0 radical (unpaired) electrons. The highest BCUT2D eigenvalue weighted by molar-refractivity contribution is 7.14. The minimum atomic E-state index is -0.505. The highest BCUT2D eigenvalue weighted by Crippen LogP contribution is 2.27. The molecule has 3 aromatic heterocycles. The largest absolute Gasteiger partial charge is 0.417 e. The third-order valence-electron chi connectivity index (χ3n) is 3.18. The molecule has 10 nitrogen and oxygen atoms in total. The third-order valence-corrected chi connectivity index (χ3v) is 3.93. The van der Waals surface area contributed by atoms with Crippen LogP contribution in [0.5, 0.6) is 0 Å². The van der Waals surface area contributed by atoms with Crippen LogP contribution in [0.1, 0.15) is 5.82 Å². The van der Waals surface area contributed by atoms with Crippen molar-refractivity contribution in [2.24, 2.45) is 0 Å². The van der Waals surface area contributed by atoms with Crippen LogP contribution in [0.15, 0.2) is 32.8 Å². The third kappa shape index (κ3) is 2.79. The van der Waals surface area contributed by atoms with E-state index in [0.29, 0.717) is 27.7 Å². The molecule has 0 bridgehead atoms. The summed E-state index contributed by atoms with van der Waals surface area (Å²) in [4.78, 5) is 30.0. The van der Waals surface area contributed by atoms with Crippen molar-refractivity contribution in [3.05, 3.63) is 40.0 Å². The van der Waals surface area contributed by atoms with Gasteiger partial charge in [-0.2, -0.15) is 5.21 Å². The van der Waals surface area contributed by atoms with E-state index in [1.807, 2.05) is 6.07 Å². The molecule has 0 aliphatic carbocycles. The molecule has 0 fully saturated rings. The Hall–Kier alpha value is -3.34. The predicted molar refractivity (Wildman–Crippen MR) is 84.5 cm³/mol. The Morgan fingerprint density at radius 3 is 3.12 bits per heavy atom. The molecule has 3 heterocycles. The summed E-state index contributed by atoms with van der Waals surface area (Å²) in [6, 6.07) is 5.27. The summed E-state index contributed by atoms with van der Waals surface area (Å²) >= 11 is 1.29. The molecule has 4 rings (SSSR count). The number of nitrogens with zero attached hydrogens (tertiary/aromatic N) is 4. The maximum atomic E-state index is 11.9. The highest BCUT2D eigenvalue weighted by Gasteiger charge is 2.12. The van der Waals surface area contributed by atoms with Crippen LogP contribution >= 0.6 is 11.3 Å². The number of rotatable bonds is 4. The summed E-state index contributed by atoms with van der Waals surface area (Å²) in [5.41, 5.74) is 2.52. The molecule has 3 N–H and O–H groups in total. The fourth-order valence-electron chi connectivity index (χ4n) is 2.13. The molecule has 24 heavy (non-hydrogen) atoms. The van der Waals surface area contributed by atoms with E-state index in [9.17, 15) is 9.59 Å². The molecule has 0 atom stereocenters. The van der Waals surface area contributed by atoms with Crippen LogP contribution in [0.25, 0.3) is 22.4 Å². The van der Waals surface area contributed by atoms with Gasteiger partial charge in [-0.3, -0.25) is 9.78 Å². The van der Waals surface area contributed by atoms with Crippen LogP contribution in [-0.4, -0.2) is 36.5 Å². The second-order valence-corrected chi connectivity index (χ2v) is 5.67. The van der Waals surface area contributed by atoms with Gasteiger partial charge in [0.1, 0.15) is 0 Å². The Morgan fingerprint density at radius 1 is 1.38 bits per heavy atom. The minimum Gasteiger partial charge on any atom is -0.408 e. The summed E-state index contributed by atoms with van der Waals surface area (Å²) in [6.45, 7) is 0. The molecule has 120 valence electrons. The van der Waals surface area contributed by atoms with E-state index in [1.54, 1.807) is 17.5 Å². The zero-order valence-electron chi connectivity index (χ0n) is 11.9. The fraction of sp³-hybridized carbons (Fsp3) is 0.0769. The Labute approximate surface area is 136 Å². The molecular formula is C13H9N7O3S. The van der Waals surface area contributed by atoms with Gasteiger partial charge in [0, 0.05) is 10.9 Å². The maximum Gasteiger partial charge on any atom is 0.417 e. The minimum absolute atomic E-state index is 0.00583. The van der Waals surface area contributed by atoms with Gasteiger partial charge in [-0.05, 0) is 12.1 Å². The van der Waals surface area contributed by atoms with E-state index in [-0.39, 0.29) is 12.3 Å². The molecule has 4 aromatic rings. The number of hydrogen-bond donors (Lipinski definition) is 3. The number of fused-ring (bicyclic) bond motifs is 1. The SMILES string of the molecule is O=C(Cc1nn[nH]n1)Nc1nc(-c2ccc3[nH]c(=O)oc3c2)cs1. The van der Waals surface area contributed by atoms with E-state index < -0.39 is 5.76 Å². The number of tetrazole rings is 1. The zero-order chi connectivity index (χ0) is 16.5. The Kier molecular flexibility index (Phi) is 3.39. The highest BCUT2D eigenvalue weighted by atomic mass is 32.1. The van der Waals surface area contributed by atoms with Crippen LogP contribution in [0.4, 0.5) is 5.13 Å². The summed E-state index contributed by atoms with van der Waals surface area (Å²) in [5, 5.41) is 18.0. The van der Waals surface area contributed by atoms with Gasteiger partial charge in [-0.25, -0.2) is 9.78 Å². The number of nitrogens with one attached hydrogen (secondary N) is 3. The number of amides is 1. The normalized spacial score (nSPS) is 11.0. The Bertz CT molecular complexity index is 1060. The number of hydrogen-bond acceptors (Lipinski definition) is 8. The quantitative estimate of drug-likeness (QED) is 0.500. The van der Waals surface area contributed by atoms with Crippen molar-refractivity contribution in [1.82, 2.24) is 30.6 Å². The van der Waals surface area contributed by atoms with Gasteiger partial charge < -0.3 is 9.73 Å². The standard InChI is InChI=1S/C13H9N7O3S/c21-11(4-10-17-19-20-18-10)16-12-14-8(5-24-12)6-1-2-7-9(3-6)23-13(22)15-7/h1-3,5H,4H2,(H,15,22)(H,14,16,21)(H,17,18,19,20). The smallest absolute Gasteiger partial charge is 0.408 e. The van der Waals surface area contributed by atoms with Gasteiger partial charge in [0.15, 0.2) is 16.5 Å². The van der Waals surface area contributed by atoms with E-state index in [2.05, 4.69) is 35.9 Å². The van der Waals surface area contributed by atoms with Crippen molar-refractivity contribution in [3.63, 3.8) is 0 Å². The van der Waals surface area contributed by atoms with Gasteiger partial charge in [-0.15, -0.1) is 21.5 Å². The van der Waals surface area contributed by atoms with Crippen LogP contribution in [0.3, 0.4) is 0 Å². The number of thiazole rings is 1. The number of anilines is 1. The second kappa shape index (κ2) is 5.70. The molecule has 0 unspecified atom stereocenters. The van der Waals surface area contributed by atoms with Crippen LogP contribution in [0.2, 0.25) is 0 Å². The fourth-order valence-corrected chi connectivity index (χ4v) is 2.87. The number of H-pyrrole nitrogens is 2. The Morgan fingerprint density at radius 2 is 2.29 bits per heavy atom. The molecule has 0 aliphatic rings. The Balaban J connectivity index is 1.52. The molecule has 1 aromatic carbocycles. The lowest BCUT2D eigenvalue weighted by Gasteiger charge is -1.98. The number of carbonyl (C=O) groups is 1. The number of oxazole rings is 1. The number of benzene rings is 1. The van der Waals surface area contributed by atoms with Crippen LogP contribution in [-0.2, 0) is 11.2 Å². The molecular weight excluding hydrogens is 334 g/mol. The van der Waals surface area contributed by atoms with E-state index in [1.165, 1.54) is 11.3 Å². The van der Waals surface area contributed by atoms with Gasteiger partial charge >= 0.3 is 5.76 Å². The zero-order valence-corrected chi connectivity index (χ0v) is 12.8. The summed E-state index contributed by atoms with van der Waals surface area (Å²) in [5.74, 6) is -0.489. The average molecular weight is 343 g/mol. The van der Waals surface area contributed by atoms with Crippen molar-refractivity contribution in [1.29, 1.82) is 0 Å². The first-order valence-electron chi connectivity index (χ1n) is 6.78. The second-order valence-electron chi connectivity index (χ2n) is 4.82. The number of aromatic nitrogens is 6. The van der Waals surface area contributed by atoms with Gasteiger partial charge in [0.05, 0.1) is 17.6 Å². The summed E-state index contributed by atoms with van der Waals surface area (Å²) in [7, 11) is 0. The lowest BCUT2D eigenvalue weighted by atomic mass is 10.1. The number of carbonyl (C=O) groups excluding carboxylic acids is 1. The van der Waals surface area contributed by atoms with E-state index in [0.717, 1.165) is 5.56 Å². The monoisotopic (exact) mass is 343 g/mol. The summed E-state index contributed by atoms with van der Waals surface area (Å²) < 4.78 is 5.03. The molecule has 0 saturated carbocycles. The van der Waals surface area contributed by atoms with Gasteiger partial charge in [0.25, 0.3) is 0 Å². The van der Waals surface area contributed by atoms with Crippen molar-refractivity contribution < 1.29 is 9.21 Å². The van der Waals surface area contributed by atoms with Crippen molar-refractivity contribution in [3.8, 4) is 11.3 Å². The first-order valence-corrected chi connectivity index (χ1v) is 7.66. The maximum absolute atomic E-state index is 11.9. The molecule has 0 aliphatic heterocycles.